The minimum absolute atomic E-state index is 0.0476. The van der Waals surface area contributed by atoms with Crippen molar-refractivity contribution in [2.45, 2.75) is 50.9 Å². The number of nitrogen functional groups attached to an aromatic ring is 1. The number of rotatable bonds is 10. The fourth-order valence-electron chi connectivity index (χ4n) is 3.45. The van der Waals surface area contributed by atoms with Crippen LogP contribution in [0.15, 0.2) is 47.4 Å². The maximum absolute atomic E-state index is 13.9. The molecule has 1 aromatic carbocycles. The zero-order valence-electron chi connectivity index (χ0n) is 22.4. The number of benzene rings is 1. The predicted molar refractivity (Wildman–Crippen MR) is 132 cm³/mol. The average molecular weight is 538 g/mol. The first-order valence-corrected chi connectivity index (χ1v) is 13.0. The fraction of sp³-hybridized carbons (Fsp3) is 0.458. The lowest BCUT2D eigenvalue weighted by atomic mass is 9.95. The Balaban J connectivity index is 1.96. The molecule has 1 aromatic heterocycles. The molecule has 0 aliphatic carbocycles. The molecule has 0 radical (unpaired) electrons. The number of anilines is 1. The number of ether oxygens (including phenoxy) is 2. The van der Waals surface area contributed by atoms with E-state index in [2.05, 4.69) is 4.98 Å². The van der Waals surface area contributed by atoms with E-state index in [1.807, 2.05) is 5.92 Å². The number of aliphatic hydroxyl groups excluding tert-OH is 1. The van der Waals surface area contributed by atoms with Gasteiger partial charge in [-0.15, -0.1) is 6.42 Å². The van der Waals surface area contributed by atoms with Crippen molar-refractivity contribution in [1.82, 2.24) is 9.55 Å². The van der Waals surface area contributed by atoms with Crippen LogP contribution in [0, 0.1) is 18.3 Å². The van der Waals surface area contributed by atoms with Gasteiger partial charge in [0.15, 0.2) is 11.8 Å². The molecule has 13 heteroatoms. The van der Waals surface area contributed by atoms with E-state index in [1.165, 1.54) is 25.1 Å². The molecule has 3 rings (SSSR count). The summed E-state index contributed by atoms with van der Waals surface area (Å²) in [5.74, 6) is 0.0601. The third-order valence-electron chi connectivity index (χ3n) is 5.27. The number of carbonyl (C=O) groups is 1. The Morgan fingerprint density at radius 3 is 2.65 bits per heavy atom. The van der Waals surface area contributed by atoms with Crippen LogP contribution in [-0.4, -0.2) is 62.4 Å². The van der Waals surface area contributed by atoms with Crippen LogP contribution in [0.25, 0.3) is 0 Å². The van der Waals surface area contributed by atoms with Gasteiger partial charge in [-0.1, -0.05) is 31.0 Å². The maximum Gasteiger partial charge on any atom is 0.380 e. The zero-order chi connectivity index (χ0) is 29.2. The Morgan fingerprint density at radius 1 is 1.38 bits per heavy atom. The van der Waals surface area contributed by atoms with Gasteiger partial charge in [-0.3, -0.25) is 13.9 Å². The van der Waals surface area contributed by atoms with Crippen LogP contribution in [0.5, 0.6) is 5.75 Å². The van der Waals surface area contributed by atoms with Crippen molar-refractivity contribution in [3.8, 4) is 18.1 Å². The van der Waals surface area contributed by atoms with Crippen molar-refractivity contribution in [3.63, 3.8) is 0 Å². The maximum atomic E-state index is 13.9. The third kappa shape index (κ3) is 6.57. The van der Waals surface area contributed by atoms with Gasteiger partial charge in [-0.25, -0.2) is 9.36 Å². The highest BCUT2D eigenvalue weighted by atomic mass is 31.2. The number of terminal acetylenes is 1. The van der Waals surface area contributed by atoms with E-state index in [0.717, 1.165) is 10.8 Å². The van der Waals surface area contributed by atoms with E-state index in [0.29, 0.717) is 0 Å². The minimum atomic E-state index is -4.55. The highest BCUT2D eigenvalue weighted by Gasteiger charge is 2.56. The van der Waals surface area contributed by atoms with Crippen molar-refractivity contribution >= 4 is 19.4 Å². The second-order valence-corrected chi connectivity index (χ2v) is 10.6. The van der Waals surface area contributed by atoms with Crippen LogP contribution in [0.1, 0.15) is 29.7 Å². The van der Waals surface area contributed by atoms with E-state index in [1.54, 1.807) is 32.0 Å². The van der Waals surface area contributed by atoms with Gasteiger partial charge in [0.25, 0.3) is 0 Å². The standard InChI is InChI=1S/C24H30N3O9P/c1-5-24(31)20(28)18(35-22(24)27-12-11-19(25)26-23(27)30)13-33-37(32,36-17-9-7-6-8-10-17)14-16(4)21(29)34-15(2)3/h1,6-12,15-16,18,20,22,28,31H,13-14H2,2-4H3,(H2,25,26,30)/t16-,18-,20+,22-,24?,37+/m1/s1/i13D2. The predicted octanol–water partition coefficient (Wildman–Crippen LogP) is 1.32. The Morgan fingerprint density at radius 2 is 2.05 bits per heavy atom. The first-order chi connectivity index (χ1) is 18.1. The summed E-state index contributed by atoms with van der Waals surface area (Å²) in [5.41, 5.74) is 1.86. The average Bonchev–Trinajstić information content (AvgIpc) is 3.10. The van der Waals surface area contributed by atoms with Crippen LogP contribution in [0.2, 0.25) is 0 Å². The minimum Gasteiger partial charge on any atom is -0.463 e. The molecule has 0 spiro atoms. The second-order valence-electron chi connectivity index (χ2n) is 8.66. The van der Waals surface area contributed by atoms with Crippen molar-refractivity contribution in [2.75, 3.05) is 18.5 Å². The van der Waals surface area contributed by atoms with Gasteiger partial charge in [-0.2, -0.15) is 4.98 Å². The van der Waals surface area contributed by atoms with Crippen LogP contribution in [-0.2, 0) is 23.4 Å². The number of aromatic nitrogens is 2. The summed E-state index contributed by atoms with van der Waals surface area (Å²) in [6.07, 6.45) is -0.626. The van der Waals surface area contributed by atoms with Gasteiger partial charge in [0.1, 0.15) is 23.8 Å². The van der Waals surface area contributed by atoms with Crippen molar-refractivity contribution in [1.29, 1.82) is 0 Å². The molecule has 6 atom stereocenters. The SMILES string of the molecule is [2H]C([2H])(O[P@@](=O)(C[C@@H](C)C(=O)OC(C)C)Oc1ccccc1)[C@H]1O[C@@H](n2ccc(N)nc2=O)C(O)(C#C)[C@H]1O. The van der Waals surface area contributed by atoms with E-state index >= 15 is 0 Å². The normalized spacial score (nSPS) is 26.9. The molecule has 2 heterocycles. The molecule has 1 unspecified atom stereocenters. The Hall–Kier alpha value is -3.20. The summed E-state index contributed by atoms with van der Waals surface area (Å²) in [6, 6.07) is 8.90. The number of para-hydroxylation sites is 1. The van der Waals surface area contributed by atoms with Crippen LogP contribution < -0.4 is 15.9 Å². The summed E-state index contributed by atoms with van der Waals surface area (Å²) in [6.45, 7) is 1.52. The summed E-state index contributed by atoms with van der Waals surface area (Å²) >= 11 is 0. The molecule has 0 amide bonds. The molecule has 12 nitrogen and oxygen atoms in total. The highest BCUT2D eigenvalue weighted by Crippen LogP contribution is 2.51. The topological polar surface area (TPSA) is 172 Å². The third-order valence-corrected chi connectivity index (χ3v) is 7.14. The second kappa shape index (κ2) is 11.5. The quantitative estimate of drug-likeness (QED) is 0.227. The van der Waals surface area contributed by atoms with Gasteiger partial charge in [0.2, 0.25) is 0 Å². The Labute approximate surface area is 216 Å². The molecule has 2 aromatic rings. The van der Waals surface area contributed by atoms with Crippen LogP contribution in [0.4, 0.5) is 5.82 Å². The number of hydrogen-bond acceptors (Lipinski definition) is 11. The summed E-state index contributed by atoms with van der Waals surface area (Å²) < 4.78 is 53.3. The van der Waals surface area contributed by atoms with E-state index in [4.69, 9.17) is 33.4 Å². The van der Waals surface area contributed by atoms with Crippen molar-refractivity contribution in [3.05, 3.63) is 53.1 Å². The smallest absolute Gasteiger partial charge is 0.380 e. The number of hydrogen-bond donors (Lipinski definition) is 3. The summed E-state index contributed by atoms with van der Waals surface area (Å²) in [5, 5.41) is 21.9. The molecule has 200 valence electrons. The number of esters is 1. The van der Waals surface area contributed by atoms with Gasteiger partial charge < -0.3 is 29.9 Å². The molecular formula is C24H30N3O9P. The zero-order valence-corrected chi connectivity index (χ0v) is 21.3. The lowest BCUT2D eigenvalue weighted by Gasteiger charge is -2.26. The molecule has 0 saturated carbocycles. The van der Waals surface area contributed by atoms with E-state index in [9.17, 15) is 24.4 Å². The first-order valence-electron chi connectivity index (χ1n) is 12.2. The molecular weight excluding hydrogens is 505 g/mol. The van der Waals surface area contributed by atoms with Crippen molar-refractivity contribution < 1.29 is 40.8 Å². The fourth-order valence-corrected chi connectivity index (χ4v) is 5.16. The molecule has 1 saturated heterocycles. The molecule has 0 bridgehead atoms. The van der Waals surface area contributed by atoms with Crippen molar-refractivity contribution in [2.24, 2.45) is 5.92 Å². The van der Waals surface area contributed by atoms with Crippen LogP contribution >= 0.6 is 7.60 Å². The number of carbonyl (C=O) groups excluding carboxylic acids is 1. The molecule has 4 N–H and O–H groups in total. The molecule has 1 fully saturated rings. The Bertz CT molecular complexity index is 1330. The van der Waals surface area contributed by atoms with Gasteiger partial charge >= 0.3 is 19.3 Å². The van der Waals surface area contributed by atoms with E-state index in [-0.39, 0.29) is 11.6 Å². The van der Waals surface area contributed by atoms with Gasteiger partial charge in [0, 0.05) is 6.20 Å². The Kier molecular flexibility index (Phi) is 7.88. The van der Waals surface area contributed by atoms with E-state index < -0.39 is 68.0 Å². The summed E-state index contributed by atoms with van der Waals surface area (Å²) in [7, 11) is -4.55. The molecule has 1 aliphatic rings. The lowest BCUT2D eigenvalue weighted by Crippen LogP contribution is -2.47. The lowest BCUT2D eigenvalue weighted by molar-refractivity contribution is -0.151. The highest BCUT2D eigenvalue weighted by molar-refractivity contribution is 7.54. The van der Waals surface area contributed by atoms with Gasteiger partial charge in [0.05, 0.1) is 27.5 Å². The monoisotopic (exact) mass is 537 g/mol. The number of aliphatic hydroxyl groups is 2. The van der Waals surface area contributed by atoms with Crippen LogP contribution in [0.3, 0.4) is 0 Å². The molecule has 37 heavy (non-hydrogen) atoms. The number of nitrogens with zero attached hydrogens (tertiary/aromatic N) is 2. The number of nitrogens with two attached hydrogens (primary N) is 1. The first kappa shape index (κ1) is 25.4. The summed E-state index contributed by atoms with van der Waals surface area (Å²) in [4.78, 5) is 28.3. The van der Waals surface area contributed by atoms with Gasteiger partial charge in [-0.05, 0) is 32.0 Å². The molecule has 1 aliphatic heterocycles. The largest absolute Gasteiger partial charge is 0.463 e.